The summed E-state index contributed by atoms with van der Waals surface area (Å²) >= 11 is 0. The lowest BCUT2D eigenvalue weighted by atomic mass is 9.99. The topological polar surface area (TPSA) is 54.0 Å². The molecule has 0 radical (unpaired) electrons. The van der Waals surface area contributed by atoms with Crippen LogP contribution in [0.4, 0.5) is 0 Å². The van der Waals surface area contributed by atoms with Crippen LogP contribution in [0.3, 0.4) is 0 Å². The highest BCUT2D eigenvalue weighted by atomic mass is 16.5. The number of ether oxygens (including phenoxy) is 4. The molecule has 4 aromatic carbocycles. The van der Waals surface area contributed by atoms with Crippen LogP contribution in [0.25, 0.3) is 21.9 Å². The average molecular weight is 471 g/mol. The van der Waals surface area contributed by atoms with Crippen molar-refractivity contribution in [2.45, 2.75) is 26.2 Å². The average Bonchev–Trinajstić information content (AvgIpc) is 2.91. The van der Waals surface area contributed by atoms with E-state index in [1.54, 1.807) is 14.2 Å². The fraction of sp³-hybridized carbons (Fsp3) is 0.233. The van der Waals surface area contributed by atoms with Gasteiger partial charge in [0.25, 0.3) is 0 Å². The van der Waals surface area contributed by atoms with Crippen molar-refractivity contribution >= 4 is 16.7 Å². The maximum Gasteiger partial charge on any atom is 0.306 e. The number of methoxy groups -OCH3 is 2. The van der Waals surface area contributed by atoms with Gasteiger partial charge in [-0.25, -0.2) is 0 Å². The van der Waals surface area contributed by atoms with Gasteiger partial charge in [-0.2, -0.15) is 0 Å². The van der Waals surface area contributed by atoms with Crippen molar-refractivity contribution in [2.24, 2.45) is 0 Å². The van der Waals surface area contributed by atoms with E-state index < -0.39 is 0 Å². The van der Waals surface area contributed by atoms with Gasteiger partial charge in [-0.15, -0.1) is 0 Å². The largest absolute Gasteiger partial charge is 0.497 e. The third-order valence-electron chi connectivity index (χ3n) is 5.79. The first-order valence-electron chi connectivity index (χ1n) is 11.8. The maximum absolute atomic E-state index is 11.8. The molecule has 0 N–H and O–H groups in total. The normalized spacial score (nSPS) is 10.7. The first kappa shape index (κ1) is 24.1. The summed E-state index contributed by atoms with van der Waals surface area (Å²) in [6.45, 7) is 2.45. The Kier molecular flexibility index (Phi) is 7.88. The molecular weight excluding hydrogens is 440 g/mol. The second-order valence-corrected chi connectivity index (χ2v) is 8.23. The van der Waals surface area contributed by atoms with Gasteiger partial charge in [0.1, 0.15) is 23.0 Å². The lowest BCUT2D eigenvalue weighted by molar-refractivity contribution is -0.143. The number of hydrogen-bond acceptors (Lipinski definition) is 5. The van der Waals surface area contributed by atoms with Crippen LogP contribution in [0.2, 0.25) is 0 Å². The number of hydrogen-bond donors (Lipinski definition) is 0. The minimum Gasteiger partial charge on any atom is -0.497 e. The zero-order valence-corrected chi connectivity index (χ0v) is 20.4. The Morgan fingerprint density at radius 1 is 0.800 bits per heavy atom. The molecule has 5 heteroatoms. The summed E-state index contributed by atoms with van der Waals surface area (Å²) in [7, 11) is 3.32. The Morgan fingerprint density at radius 2 is 1.54 bits per heavy atom. The number of carbonyl (C=O) groups excluding carboxylic acids is 1. The molecule has 0 aliphatic heterocycles. The fourth-order valence-electron chi connectivity index (χ4n) is 3.91. The highest BCUT2D eigenvalue weighted by Crippen LogP contribution is 2.41. The molecule has 0 saturated carbocycles. The molecular formula is C30H30O5. The van der Waals surface area contributed by atoms with Crippen molar-refractivity contribution < 1.29 is 23.7 Å². The Bertz CT molecular complexity index is 1290. The predicted molar refractivity (Wildman–Crippen MR) is 139 cm³/mol. The van der Waals surface area contributed by atoms with Crippen LogP contribution >= 0.6 is 0 Å². The van der Waals surface area contributed by atoms with Crippen molar-refractivity contribution in [3.05, 3.63) is 84.4 Å². The van der Waals surface area contributed by atoms with Crippen LogP contribution in [-0.2, 0) is 16.0 Å². The predicted octanol–water partition coefficient (Wildman–Crippen LogP) is 7.20. The second-order valence-electron chi connectivity index (χ2n) is 8.23. The third kappa shape index (κ3) is 5.93. The monoisotopic (exact) mass is 470 g/mol. The lowest BCUT2D eigenvalue weighted by Gasteiger charge is -2.16. The molecule has 0 atom stereocenters. The zero-order valence-electron chi connectivity index (χ0n) is 20.4. The van der Waals surface area contributed by atoms with Gasteiger partial charge in [-0.05, 0) is 77.9 Å². The number of carbonyl (C=O) groups is 1. The Morgan fingerprint density at radius 3 is 2.29 bits per heavy atom. The summed E-state index contributed by atoms with van der Waals surface area (Å²) in [6, 6.07) is 25.9. The number of rotatable bonds is 10. The van der Waals surface area contributed by atoms with E-state index in [4.69, 9.17) is 18.9 Å². The van der Waals surface area contributed by atoms with Gasteiger partial charge in [-0.1, -0.05) is 37.3 Å². The van der Waals surface area contributed by atoms with Gasteiger partial charge in [0, 0.05) is 17.4 Å². The van der Waals surface area contributed by atoms with E-state index in [0.29, 0.717) is 19.4 Å². The van der Waals surface area contributed by atoms with Gasteiger partial charge in [0.05, 0.1) is 20.8 Å². The van der Waals surface area contributed by atoms with Gasteiger partial charge >= 0.3 is 5.97 Å². The van der Waals surface area contributed by atoms with Crippen LogP contribution in [0.5, 0.6) is 23.0 Å². The molecule has 0 unspecified atom stereocenters. The Hall–Kier alpha value is -3.99. The van der Waals surface area contributed by atoms with Gasteiger partial charge in [0.15, 0.2) is 0 Å². The van der Waals surface area contributed by atoms with Crippen molar-refractivity contribution in [1.82, 2.24) is 0 Å². The summed E-state index contributed by atoms with van der Waals surface area (Å²) < 4.78 is 22.5. The van der Waals surface area contributed by atoms with E-state index in [1.165, 1.54) is 0 Å². The van der Waals surface area contributed by atoms with Gasteiger partial charge in [0.2, 0.25) is 0 Å². The van der Waals surface area contributed by atoms with Crippen molar-refractivity contribution in [3.63, 3.8) is 0 Å². The van der Waals surface area contributed by atoms with Crippen LogP contribution in [0.1, 0.15) is 25.3 Å². The molecule has 0 bridgehead atoms. The molecule has 180 valence electrons. The van der Waals surface area contributed by atoms with Crippen LogP contribution in [0.15, 0.2) is 78.9 Å². The van der Waals surface area contributed by atoms with Crippen molar-refractivity contribution in [3.8, 4) is 34.1 Å². The Balaban J connectivity index is 1.64. The quantitative estimate of drug-likeness (QED) is 0.229. The number of benzene rings is 4. The highest BCUT2D eigenvalue weighted by molar-refractivity contribution is 5.96. The summed E-state index contributed by atoms with van der Waals surface area (Å²) in [5.74, 6) is 2.88. The van der Waals surface area contributed by atoms with Crippen molar-refractivity contribution in [1.29, 1.82) is 0 Å². The molecule has 0 fully saturated rings. The summed E-state index contributed by atoms with van der Waals surface area (Å²) in [5, 5.41) is 2.00. The molecule has 0 aromatic heterocycles. The molecule has 0 spiro atoms. The van der Waals surface area contributed by atoms with Crippen LogP contribution in [-0.4, -0.2) is 26.8 Å². The van der Waals surface area contributed by atoms with E-state index >= 15 is 0 Å². The van der Waals surface area contributed by atoms with Gasteiger partial charge < -0.3 is 18.9 Å². The molecule has 0 aliphatic rings. The fourth-order valence-corrected chi connectivity index (χ4v) is 3.91. The highest BCUT2D eigenvalue weighted by Gasteiger charge is 2.14. The number of fused-ring (bicyclic) bond motifs is 1. The first-order valence-corrected chi connectivity index (χ1v) is 11.8. The molecule has 0 amide bonds. The summed E-state index contributed by atoms with van der Waals surface area (Å²) in [6.07, 6.45) is 1.83. The first-order chi connectivity index (χ1) is 17.1. The van der Waals surface area contributed by atoms with E-state index in [1.807, 2.05) is 73.7 Å². The van der Waals surface area contributed by atoms with Crippen molar-refractivity contribution in [2.75, 3.05) is 20.8 Å². The lowest BCUT2D eigenvalue weighted by Crippen LogP contribution is -2.06. The number of esters is 1. The van der Waals surface area contributed by atoms with Gasteiger partial charge in [-0.3, -0.25) is 4.79 Å². The molecule has 0 heterocycles. The molecule has 0 saturated heterocycles. The molecule has 5 nitrogen and oxygen atoms in total. The number of aryl methyl sites for hydroxylation is 1. The third-order valence-corrected chi connectivity index (χ3v) is 5.79. The molecule has 4 aromatic rings. The smallest absolute Gasteiger partial charge is 0.306 e. The molecule has 4 rings (SSSR count). The van der Waals surface area contributed by atoms with E-state index in [0.717, 1.165) is 56.9 Å². The van der Waals surface area contributed by atoms with Crippen LogP contribution < -0.4 is 14.2 Å². The summed E-state index contributed by atoms with van der Waals surface area (Å²) in [4.78, 5) is 11.8. The molecule has 35 heavy (non-hydrogen) atoms. The second kappa shape index (κ2) is 11.4. The summed E-state index contributed by atoms with van der Waals surface area (Å²) in [5.41, 5.74) is 3.02. The SMILES string of the molecule is CCCOC(=O)CCc1ccc(Oc2c(-c3cccc(OC)c3)ccc3cc(OC)ccc23)cc1. The van der Waals surface area contributed by atoms with Crippen LogP contribution in [0, 0.1) is 0 Å². The zero-order chi connectivity index (χ0) is 24.6. The van der Waals surface area contributed by atoms with E-state index in [9.17, 15) is 4.79 Å². The van der Waals surface area contributed by atoms with E-state index in [2.05, 4.69) is 12.1 Å². The minimum atomic E-state index is -0.165. The Labute approximate surface area is 206 Å². The standard InChI is InChI=1S/C30H30O5/c1-4-18-34-29(31)17-10-21-8-12-24(13-9-21)35-30-27(22-6-5-7-25(19-22)32-2)15-11-23-20-26(33-3)14-16-28(23)30/h5-9,11-16,19-20H,4,10,17-18H2,1-3H3. The molecule has 0 aliphatic carbocycles. The van der Waals surface area contributed by atoms with E-state index in [-0.39, 0.29) is 5.97 Å². The minimum absolute atomic E-state index is 0.165. The maximum atomic E-state index is 11.8.